The lowest BCUT2D eigenvalue weighted by atomic mass is 10.1. The maximum Gasteiger partial charge on any atom is 0.234 e. The number of benzene rings is 1. The van der Waals surface area contributed by atoms with Gasteiger partial charge >= 0.3 is 0 Å². The molecular formula is C13H14N2O2S2. The molecule has 1 aromatic carbocycles. The number of nitrogens with zero attached hydrogens (tertiary/aromatic N) is 1. The molecule has 0 aliphatic carbocycles. The standard InChI is InChI=1S/C13H14N2O2S2/c1-9(16)10-4-2-3-5-11(10)15-12(17)8-19-13-14-6-7-18-13/h2-5H,6-8H2,1H3,(H,15,17). The van der Waals surface area contributed by atoms with E-state index >= 15 is 0 Å². The number of hydrogen-bond donors (Lipinski definition) is 1. The molecule has 0 bridgehead atoms. The van der Waals surface area contributed by atoms with Crippen LogP contribution in [0.5, 0.6) is 0 Å². The molecule has 1 heterocycles. The van der Waals surface area contributed by atoms with Crippen molar-refractivity contribution in [3.8, 4) is 0 Å². The maximum atomic E-state index is 11.8. The number of para-hydroxylation sites is 1. The first-order chi connectivity index (χ1) is 9.16. The predicted molar refractivity (Wildman–Crippen MR) is 82.3 cm³/mol. The molecule has 0 atom stereocenters. The van der Waals surface area contributed by atoms with Crippen molar-refractivity contribution in [1.29, 1.82) is 0 Å². The minimum Gasteiger partial charge on any atom is -0.325 e. The molecule has 0 saturated heterocycles. The summed E-state index contributed by atoms with van der Waals surface area (Å²) in [5, 5.41) is 2.77. The van der Waals surface area contributed by atoms with Gasteiger partial charge in [-0.15, -0.1) is 0 Å². The number of rotatable bonds is 4. The second-order valence-electron chi connectivity index (χ2n) is 3.93. The second kappa shape index (κ2) is 6.77. The minimum absolute atomic E-state index is 0.0562. The quantitative estimate of drug-likeness (QED) is 0.867. The Hall–Kier alpha value is -1.27. The Morgan fingerprint density at radius 3 is 2.89 bits per heavy atom. The first-order valence-electron chi connectivity index (χ1n) is 5.86. The van der Waals surface area contributed by atoms with Crippen molar-refractivity contribution in [2.45, 2.75) is 6.92 Å². The van der Waals surface area contributed by atoms with Gasteiger partial charge in [-0.3, -0.25) is 14.6 Å². The number of carbonyl (C=O) groups excluding carboxylic acids is 2. The fourth-order valence-corrected chi connectivity index (χ4v) is 3.42. The van der Waals surface area contributed by atoms with E-state index in [0.29, 0.717) is 17.0 Å². The third-order valence-electron chi connectivity index (χ3n) is 2.46. The fourth-order valence-electron chi connectivity index (χ4n) is 1.62. The van der Waals surface area contributed by atoms with Crippen molar-refractivity contribution >= 4 is 45.3 Å². The van der Waals surface area contributed by atoms with E-state index in [1.54, 1.807) is 36.0 Å². The Labute approximate surface area is 120 Å². The van der Waals surface area contributed by atoms with E-state index in [0.717, 1.165) is 16.7 Å². The number of Topliss-reactive ketones (excluding diaryl/α,β-unsaturated/α-hetero) is 1. The SMILES string of the molecule is CC(=O)c1ccccc1NC(=O)CSC1=NCCS1. The van der Waals surface area contributed by atoms with Gasteiger partial charge in [0.2, 0.25) is 5.91 Å². The van der Waals surface area contributed by atoms with Crippen molar-refractivity contribution in [3.63, 3.8) is 0 Å². The zero-order chi connectivity index (χ0) is 13.7. The molecule has 0 saturated carbocycles. The van der Waals surface area contributed by atoms with Crippen LogP contribution >= 0.6 is 23.5 Å². The van der Waals surface area contributed by atoms with Gasteiger partial charge in [0, 0.05) is 11.3 Å². The Bertz CT molecular complexity index is 529. The molecule has 6 heteroatoms. The summed E-state index contributed by atoms with van der Waals surface area (Å²) in [7, 11) is 0. The Kier molecular flexibility index (Phi) is 5.04. The van der Waals surface area contributed by atoms with E-state index in [-0.39, 0.29) is 11.7 Å². The molecule has 100 valence electrons. The molecule has 0 fully saturated rings. The molecule has 1 amide bonds. The number of ketones is 1. The van der Waals surface area contributed by atoms with Crippen molar-refractivity contribution in [3.05, 3.63) is 29.8 Å². The highest BCUT2D eigenvalue weighted by atomic mass is 32.2. The van der Waals surface area contributed by atoms with E-state index in [2.05, 4.69) is 10.3 Å². The number of carbonyl (C=O) groups is 2. The van der Waals surface area contributed by atoms with Crippen LogP contribution in [0.4, 0.5) is 5.69 Å². The van der Waals surface area contributed by atoms with Crippen LogP contribution in [0.25, 0.3) is 0 Å². The van der Waals surface area contributed by atoms with E-state index in [1.165, 1.54) is 18.7 Å². The molecule has 0 aromatic heterocycles. The van der Waals surface area contributed by atoms with E-state index in [1.807, 2.05) is 0 Å². The normalized spacial score (nSPS) is 14.1. The summed E-state index contributed by atoms with van der Waals surface area (Å²) < 4.78 is 0.968. The van der Waals surface area contributed by atoms with Gasteiger partial charge in [0.25, 0.3) is 0 Å². The summed E-state index contributed by atoms with van der Waals surface area (Å²) in [6.07, 6.45) is 0. The maximum absolute atomic E-state index is 11.8. The highest BCUT2D eigenvalue weighted by Gasteiger charge is 2.12. The number of anilines is 1. The molecule has 19 heavy (non-hydrogen) atoms. The van der Waals surface area contributed by atoms with Gasteiger partial charge in [-0.1, -0.05) is 35.7 Å². The van der Waals surface area contributed by atoms with E-state index < -0.39 is 0 Å². The van der Waals surface area contributed by atoms with Crippen LogP contribution in [0.2, 0.25) is 0 Å². The van der Waals surface area contributed by atoms with Gasteiger partial charge in [-0.2, -0.15) is 0 Å². The number of amides is 1. The first-order valence-corrected chi connectivity index (χ1v) is 7.84. The number of thioether (sulfide) groups is 2. The molecule has 1 aromatic rings. The molecule has 4 nitrogen and oxygen atoms in total. The second-order valence-corrected chi connectivity index (χ2v) is 6.24. The lowest BCUT2D eigenvalue weighted by Gasteiger charge is -2.08. The molecule has 1 aliphatic rings. The summed E-state index contributed by atoms with van der Waals surface area (Å²) in [4.78, 5) is 27.5. The van der Waals surface area contributed by atoms with Gasteiger partial charge in [-0.25, -0.2) is 0 Å². The summed E-state index contributed by atoms with van der Waals surface area (Å²) in [6, 6.07) is 7.03. The average molecular weight is 294 g/mol. The Morgan fingerprint density at radius 1 is 1.42 bits per heavy atom. The summed E-state index contributed by atoms with van der Waals surface area (Å²) >= 11 is 3.12. The zero-order valence-electron chi connectivity index (χ0n) is 10.5. The number of aliphatic imine (C=N–C) groups is 1. The van der Waals surface area contributed by atoms with Crippen molar-refractivity contribution < 1.29 is 9.59 Å². The number of nitrogens with one attached hydrogen (secondary N) is 1. The van der Waals surface area contributed by atoms with Crippen LogP contribution in [0, 0.1) is 0 Å². The predicted octanol–water partition coefficient (Wildman–Crippen LogP) is 2.66. The van der Waals surface area contributed by atoms with Gasteiger partial charge in [0.1, 0.15) is 4.38 Å². The molecule has 0 radical (unpaired) electrons. The molecule has 0 spiro atoms. The average Bonchev–Trinajstić information content (AvgIpc) is 2.90. The van der Waals surface area contributed by atoms with Crippen molar-refractivity contribution in [1.82, 2.24) is 0 Å². The molecular weight excluding hydrogens is 280 g/mol. The Balaban J connectivity index is 1.93. The van der Waals surface area contributed by atoms with Crippen LogP contribution in [0.1, 0.15) is 17.3 Å². The number of hydrogen-bond acceptors (Lipinski definition) is 5. The van der Waals surface area contributed by atoms with Crippen LogP contribution in [-0.4, -0.2) is 34.1 Å². The zero-order valence-corrected chi connectivity index (χ0v) is 12.1. The summed E-state index contributed by atoms with van der Waals surface area (Å²) in [6.45, 7) is 2.32. The van der Waals surface area contributed by atoms with Gasteiger partial charge < -0.3 is 5.32 Å². The smallest absolute Gasteiger partial charge is 0.234 e. The van der Waals surface area contributed by atoms with Crippen molar-refractivity contribution in [2.24, 2.45) is 4.99 Å². The largest absolute Gasteiger partial charge is 0.325 e. The highest BCUT2D eigenvalue weighted by Crippen LogP contribution is 2.22. The monoisotopic (exact) mass is 294 g/mol. The minimum atomic E-state index is -0.117. The molecule has 1 N–H and O–H groups in total. The van der Waals surface area contributed by atoms with Crippen LogP contribution < -0.4 is 5.32 Å². The first kappa shape index (κ1) is 14.1. The van der Waals surface area contributed by atoms with Crippen LogP contribution in [-0.2, 0) is 4.79 Å². The Morgan fingerprint density at radius 2 is 2.21 bits per heavy atom. The molecule has 1 aliphatic heterocycles. The fraction of sp³-hybridized carbons (Fsp3) is 0.308. The topological polar surface area (TPSA) is 58.5 Å². The van der Waals surface area contributed by atoms with Gasteiger partial charge in [0.05, 0.1) is 18.0 Å². The van der Waals surface area contributed by atoms with Gasteiger partial charge in [0.15, 0.2) is 5.78 Å². The van der Waals surface area contributed by atoms with E-state index in [4.69, 9.17) is 0 Å². The van der Waals surface area contributed by atoms with Crippen LogP contribution in [0.15, 0.2) is 29.3 Å². The molecule has 2 rings (SSSR count). The summed E-state index contributed by atoms with van der Waals surface area (Å²) in [5.74, 6) is 1.14. The third-order valence-corrected chi connectivity index (χ3v) is 4.72. The third kappa shape index (κ3) is 4.11. The van der Waals surface area contributed by atoms with E-state index in [9.17, 15) is 9.59 Å². The highest BCUT2D eigenvalue weighted by molar-refractivity contribution is 8.39. The summed E-state index contributed by atoms with van der Waals surface area (Å²) in [5.41, 5.74) is 1.11. The lowest BCUT2D eigenvalue weighted by molar-refractivity contribution is -0.113. The van der Waals surface area contributed by atoms with Crippen LogP contribution in [0.3, 0.4) is 0 Å². The lowest BCUT2D eigenvalue weighted by Crippen LogP contribution is -2.16. The van der Waals surface area contributed by atoms with Gasteiger partial charge in [-0.05, 0) is 19.1 Å². The molecule has 0 unspecified atom stereocenters. The van der Waals surface area contributed by atoms with Crippen molar-refractivity contribution in [2.75, 3.05) is 23.4 Å².